The Labute approximate surface area is 328 Å². The molecule has 0 spiro atoms. The van der Waals surface area contributed by atoms with Crippen LogP contribution in [-0.2, 0) is 0 Å². The van der Waals surface area contributed by atoms with E-state index in [2.05, 4.69) is 207 Å². The zero-order valence-electron chi connectivity index (χ0n) is 30.9. The van der Waals surface area contributed by atoms with Gasteiger partial charge in [0.15, 0.2) is 0 Å². The van der Waals surface area contributed by atoms with Crippen molar-refractivity contribution in [3.63, 3.8) is 0 Å². The predicted octanol–water partition coefficient (Wildman–Crippen LogP) is 12.0. The fourth-order valence-electron chi connectivity index (χ4n) is 9.23. The summed E-state index contributed by atoms with van der Waals surface area (Å²) < 4.78 is 11.6. The van der Waals surface area contributed by atoms with Gasteiger partial charge in [-0.05, 0) is 77.4 Å². The molecule has 2 atom stereocenters. The van der Waals surface area contributed by atoms with Crippen molar-refractivity contribution in [3.8, 4) is 11.4 Å². The molecule has 3 N–H and O–H groups in total. The average molecular weight is 736 g/mol. The molecule has 1 aliphatic rings. The van der Waals surface area contributed by atoms with Gasteiger partial charge in [-0.15, -0.1) is 0 Å². The molecule has 0 radical (unpaired) electrons. The number of hydrogen-bond donors (Lipinski definition) is 3. The third-order valence-electron chi connectivity index (χ3n) is 11.8. The molecule has 0 amide bonds. The highest BCUT2D eigenvalue weighted by molar-refractivity contribution is 6.26. The van der Waals surface area contributed by atoms with Gasteiger partial charge < -0.3 is 13.6 Å². The number of benzene rings is 8. The van der Waals surface area contributed by atoms with Gasteiger partial charge in [-0.1, -0.05) is 127 Å². The second-order valence-corrected chi connectivity index (χ2v) is 15.1. The van der Waals surface area contributed by atoms with Gasteiger partial charge in [0.2, 0.25) is 0 Å². The van der Waals surface area contributed by atoms with Gasteiger partial charge >= 0.3 is 0 Å². The Morgan fingerprint density at radius 1 is 0.351 bits per heavy atom. The van der Waals surface area contributed by atoms with E-state index < -0.39 is 0 Å². The van der Waals surface area contributed by atoms with Gasteiger partial charge in [0.25, 0.3) is 0 Å². The van der Waals surface area contributed by atoms with E-state index in [9.17, 15) is 0 Å². The largest absolute Gasteiger partial charge is 0.455 e. The first kappa shape index (κ1) is 32.3. The number of furan rings is 1. The molecule has 1 aliphatic heterocycles. The van der Waals surface area contributed by atoms with Crippen LogP contribution in [0.3, 0.4) is 0 Å². The van der Waals surface area contributed by atoms with Crippen molar-refractivity contribution in [1.82, 2.24) is 25.1 Å². The number of rotatable bonds is 5. The van der Waals surface area contributed by atoms with Crippen LogP contribution in [0.5, 0.6) is 0 Å². The van der Waals surface area contributed by atoms with E-state index in [1.807, 2.05) is 6.07 Å². The monoisotopic (exact) mass is 735 g/mol. The van der Waals surface area contributed by atoms with Crippen molar-refractivity contribution in [2.24, 2.45) is 0 Å². The summed E-state index contributed by atoms with van der Waals surface area (Å²) >= 11 is 0. The van der Waals surface area contributed by atoms with E-state index in [0.717, 1.165) is 66.2 Å². The van der Waals surface area contributed by atoms with E-state index in [1.165, 1.54) is 27.4 Å². The van der Waals surface area contributed by atoms with Crippen LogP contribution < -0.4 is 16.0 Å². The molecule has 272 valence electrons. The Balaban J connectivity index is 1.11. The Morgan fingerprint density at radius 2 is 0.912 bits per heavy atom. The van der Waals surface area contributed by atoms with Gasteiger partial charge in [-0.3, -0.25) is 16.0 Å². The third kappa shape index (κ3) is 5.09. The predicted molar refractivity (Wildman–Crippen MR) is 233 cm³/mol. The Kier molecular flexibility index (Phi) is 7.25. The summed E-state index contributed by atoms with van der Waals surface area (Å²) in [4.78, 5) is 0. The second kappa shape index (κ2) is 12.8. The average Bonchev–Trinajstić information content (AvgIpc) is 3.93. The maximum atomic E-state index is 6.78. The number of nitrogens with one attached hydrogen (secondary N) is 3. The Hall–Kier alpha value is -6.96. The lowest BCUT2D eigenvalue weighted by Gasteiger charge is -2.39. The van der Waals surface area contributed by atoms with Crippen molar-refractivity contribution in [2.45, 2.75) is 18.5 Å². The lowest BCUT2D eigenvalue weighted by Crippen LogP contribution is -2.54. The van der Waals surface area contributed by atoms with Crippen LogP contribution in [0.15, 0.2) is 192 Å². The lowest BCUT2D eigenvalue weighted by atomic mass is 10.0. The van der Waals surface area contributed by atoms with Gasteiger partial charge in [0, 0.05) is 38.3 Å². The molecule has 12 rings (SSSR count). The van der Waals surface area contributed by atoms with Crippen LogP contribution in [0, 0.1) is 0 Å². The molecule has 0 saturated carbocycles. The highest BCUT2D eigenvalue weighted by Gasteiger charge is 2.30. The maximum absolute atomic E-state index is 6.78. The quantitative estimate of drug-likeness (QED) is 0.165. The molecule has 8 aromatic carbocycles. The standard InChI is InChI=1S/C51H37N5O/c1-4-15-32(16-5-1)49-52-50(33-17-6-2-7-18-33)54-51(53-49)34-19-14-22-36(29-34)56-43-28-27-39-38-24-11-13-26-46(38)57-48(39)47(43)41-30-40-37-23-10-12-25-42(37)55(44(40)31-45(41)56)35-20-8-3-9-21-35/h1-31,49-54H. The van der Waals surface area contributed by atoms with E-state index >= 15 is 0 Å². The molecule has 57 heavy (non-hydrogen) atoms. The topological polar surface area (TPSA) is 59.1 Å². The van der Waals surface area contributed by atoms with Crippen molar-refractivity contribution >= 4 is 65.6 Å². The molecule has 0 bridgehead atoms. The summed E-state index contributed by atoms with van der Waals surface area (Å²) in [6, 6.07) is 67.3. The summed E-state index contributed by atoms with van der Waals surface area (Å²) in [5, 5.41) is 18.6. The van der Waals surface area contributed by atoms with Crippen molar-refractivity contribution in [2.75, 3.05) is 0 Å². The molecular formula is C51H37N5O. The smallest absolute Gasteiger partial charge is 0.145 e. The number of hydrogen-bond acceptors (Lipinski definition) is 4. The SMILES string of the molecule is c1ccc(C2NC(c3ccccc3)NC(c3cccc(-n4c5cc6c(cc5c5c7oc8ccccc8c7ccc54)c4ccccc4n6-c4ccccc4)c3)N2)cc1. The molecule has 0 aliphatic carbocycles. The summed E-state index contributed by atoms with van der Waals surface area (Å²) in [5.74, 6) is 0. The fraction of sp³-hybridized carbons (Fsp3) is 0.0588. The van der Waals surface area contributed by atoms with Crippen molar-refractivity contribution in [3.05, 3.63) is 205 Å². The minimum Gasteiger partial charge on any atom is -0.455 e. The van der Waals surface area contributed by atoms with Crippen LogP contribution in [0.2, 0.25) is 0 Å². The van der Waals surface area contributed by atoms with E-state index in [0.29, 0.717) is 0 Å². The van der Waals surface area contributed by atoms with Gasteiger partial charge in [0.1, 0.15) is 11.2 Å². The third-order valence-corrected chi connectivity index (χ3v) is 11.8. The summed E-state index contributed by atoms with van der Waals surface area (Å²) in [6.07, 6.45) is -0.257. The molecular weight excluding hydrogens is 699 g/mol. The number of fused-ring (bicyclic) bond motifs is 10. The van der Waals surface area contributed by atoms with Crippen LogP contribution in [0.1, 0.15) is 35.2 Å². The lowest BCUT2D eigenvalue weighted by molar-refractivity contribution is 0.203. The molecule has 4 heterocycles. The molecule has 1 fully saturated rings. The van der Waals surface area contributed by atoms with Crippen LogP contribution in [-0.4, -0.2) is 9.13 Å². The first-order valence-corrected chi connectivity index (χ1v) is 19.6. The number of nitrogens with zero attached hydrogens (tertiary/aromatic N) is 2. The first-order valence-electron chi connectivity index (χ1n) is 19.6. The maximum Gasteiger partial charge on any atom is 0.145 e. The molecule has 6 heteroatoms. The summed E-state index contributed by atoms with van der Waals surface area (Å²) in [5.41, 5.74) is 12.1. The molecule has 2 unspecified atom stereocenters. The molecule has 11 aromatic rings. The van der Waals surface area contributed by atoms with Crippen LogP contribution >= 0.6 is 0 Å². The Morgan fingerprint density at radius 3 is 1.65 bits per heavy atom. The summed E-state index contributed by atoms with van der Waals surface area (Å²) in [7, 11) is 0. The minimum atomic E-state index is -0.135. The van der Waals surface area contributed by atoms with Gasteiger partial charge in [-0.25, -0.2) is 0 Å². The molecule has 6 nitrogen and oxygen atoms in total. The molecule has 1 saturated heterocycles. The normalized spacial score (nSPS) is 17.4. The number of para-hydroxylation sites is 3. The van der Waals surface area contributed by atoms with Crippen LogP contribution in [0.4, 0.5) is 0 Å². The van der Waals surface area contributed by atoms with E-state index in [-0.39, 0.29) is 18.5 Å². The summed E-state index contributed by atoms with van der Waals surface area (Å²) in [6.45, 7) is 0. The highest BCUT2D eigenvalue weighted by atomic mass is 16.3. The minimum absolute atomic E-state index is 0.0610. The fourth-order valence-corrected chi connectivity index (χ4v) is 9.23. The zero-order chi connectivity index (χ0) is 37.5. The van der Waals surface area contributed by atoms with Crippen molar-refractivity contribution in [1.29, 1.82) is 0 Å². The van der Waals surface area contributed by atoms with E-state index in [4.69, 9.17) is 4.42 Å². The highest BCUT2D eigenvalue weighted by Crippen LogP contribution is 2.44. The van der Waals surface area contributed by atoms with Gasteiger partial charge in [0.05, 0.1) is 46.0 Å². The van der Waals surface area contributed by atoms with Crippen molar-refractivity contribution < 1.29 is 4.42 Å². The van der Waals surface area contributed by atoms with Gasteiger partial charge in [-0.2, -0.15) is 0 Å². The second-order valence-electron chi connectivity index (χ2n) is 15.1. The number of aromatic nitrogens is 2. The molecule has 3 aromatic heterocycles. The van der Waals surface area contributed by atoms with Crippen LogP contribution in [0.25, 0.3) is 76.9 Å². The Bertz CT molecular complexity index is 3240. The first-order chi connectivity index (χ1) is 28.3. The van der Waals surface area contributed by atoms with E-state index in [1.54, 1.807) is 0 Å². The zero-order valence-corrected chi connectivity index (χ0v) is 30.9.